The summed E-state index contributed by atoms with van der Waals surface area (Å²) in [7, 11) is 0. The highest BCUT2D eigenvalue weighted by molar-refractivity contribution is 5.85. The van der Waals surface area contributed by atoms with Crippen LogP contribution in [-0.4, -0.2) is 11.1 Å². The molecule has 5 nitrogen and oxygen atoms in total. The van der Waals surface area contributed by atoms with E-state index in [0.717, 1.165) is 16.7 Å². The number of pyridine rings is 1. The maximum atomic E-state index is 12.1. The monoisotopic (exact) mass is 334 g/mol. The van der Waals surface area contributed by atoms with Gasteiger partial charge in [0.05, 0.1) is 0 Å². The standard InChI is InChI=1S/C20H18N2O3/c23-19-18(22-20(24)25-14-16-9-5-2-6-10-16)17(11-12-21-19)13-15-7-3-1-4-8-15/h1-12H,13-14H2,(H,21,23)(H,22,24). The van der Waals surface area contributed by atoms with Gasteiger partial charge in [-0.15, -0.1) is 0 Å². The lowest BCUT2D eigenvalue weighted by Crippen LogP contribution is -2.22. The van der Waals surface area contributed by atoms with E-state index in [1.807, 2.05) is 60.7 Å². The normalized spacial score (nSPS) is 10.2. The van der Waals surface area contributed by atoms with Gasteiger partial charge < -0.3 is 9.72 Å². The molecule has 0 aliphatic carbocycles. The number of carbonyl (C=O) groups excluding carboxylic acids is 1. The van der Waals surface area contributed by atoms with E-state index in [-0.39, 0.29) is 17.9 Å². The highest BCUT2D eigenvalue weighted by Gasteiger charge is 2.12. The number of aromatic nitrogens is 1. The van der Waals surface area contributed by atoms with Crippen molar-refractivity contribution in [2.24, 2.45) is 0 Å². The van der Waals surface area contributed by atoms with Crippen LogP contribution >= 0.6 is 0 Å². The summed E-state index contributed by atoms with van der Waals surface area (Å²) in [6.45, 7) is 0.144. The second kappa shape index (κ2) is 7.97. The van der Waals surface area contributed by atoms with Gasteiger partial charge in [0.15, 0.2) is 0 Å². The van der Waals surface area contributed by atoms with Crippen molar-refractivity contribution in [1.29, 1.82) is 0 Å². The van der Waals surface area contributed by atoms with Gasteiger partial charge in [0.1, 0.15) is 12.3 Å². The second-order valence-corrected chi connectivity index (χ2v) is 5.56. The van der Waals surface area contributed by atoms with Gasteiger partial charge in [-0.1, -0.05) is 60.7 Å². The summed E-state index contributed by atoms with van der Waals surface area (Å²) in [6.07, 6.45) is 1.45. The zero-order chi connectivity index (χ0) is 17.5. The highest BCUT2D eigenvalue weighted by atomic mass is 16.5. The van der Waals surface area contributed by atoms with Crippen LogP contribution in [-0.2, 0) is 17.8 Å². The third-order valence-electron chi connectivity index (χ3n) is 3.72. The lowest BCUT2D eigenvalue weighted by molar-refractivity contribution is 0.155. The Morgan fingerprint density at radius 2 is 1.56 bits per heavy atom. The molecular weight excluding hydrogens is 316 g/mol. The minimum absolute atomic E-state index is 0.144. The number of carbonyl (C=O) groups is 1. The average Bonchev–Trinajstić information content (AvgIpc) is 2.65. The summed E-state index contributed by atoms with van der Waals surface area (Å²) in [5.41, 5.74) is 2.51. The number of nitrogens with one attached hydrogen (secondary N) is 2. The zero-order valence-corrected chi connectivity index (χ0v) is 13.6. The molecular formula is C20H18N2O3. The van der Waals surface area contributed by atoms with Crippen LogP contribution in [0.15, 0.2) is 77.7 Å². The fraction of sp³-hybridized carbons (Fsp3) is 0.100. The first-order valence-corrected chi connectivity index (χ1v) is 7.94. The molecule has 0 saturated heterocycles. The lowest BCUT2D eigenvalue weighted by Gasteiger charge is -2.11. The fourth-order valence-electron chi connectivity index (χ4n) is 2.48. The van der Waals surface area contributed by atoms with Crippen molar-refractivity contribution in [2.45, 2.75) is 13.0 Å². The molecule has 3 aromatic rings. The van der Waals surface area contributed by atoms with E-state index in [9.17, 15) is 9.59 Å². The summed E-state index contributed by atoms with van der Waals surface area (Å²) >= 11 is 0. The number of ether oxygens (including phenoxy) is 1. The number of H-pyrrole nitrogens is 1. The van der Waals surface area contributed by atoms with Crippen LogP contribution in [0.1, 0.15) is 16.7 Å². The van der Waals surface area contributed by atoms with Crippen LogP contribution in [0, 0.1) is 0 Å². The highest BCUT2D eigenvalue weighted by Crippen LogP contribution is 2.15. The van der Waals surface area contributed by atoms with Crippen molar-refractivity contribution in [2.75, 3.05) is 5.32 Å². The summed E-state index contributed by atoms with van der Waals surface area (Å²) in [5.74, 6) is 0. The first-order chi connectivity index (χ1) is 12.2. The molecule has 0 unspecified atom stereocenters. The van der Waals surface area contributed by atoms with Gasteiger partial charge >= 0.3 is 6.09 Å². The Bertz CT molecular complexity index is 890. The van der Waals surface area contributed by atoms with Crippen molar-refractivity contribution in [3.05, 3.63) is 100.0 Å². The summed E-state index contributed by atoms with van der Waals surface area (Å²) in [5, 5.41) is 2.56. The van der Waals surface area contributed by atoms with E-state index in [2.05, 4.69) is 10.3 Å². The van der Waals surface area contributed by atoms with Gasteiger partial charge in [0.2, 0.25) is 0 Å². The molecule has 126 valence electrons. The van der Waals surface area contributed by atoms with Crippen molar-refractivity contribution in [1.82, 2.24) is 4.98 Å². The third kappa shape index (κ3) is 4.57. The number of hydrogen-bond donors (Lipinski definition) is 2. The van der Waals surface area contributed by atoms with Crippen LogP contribution in [0.5, 0.6) is 0 Å². The molecule has 25 heavy (non-hydrogen) atoms. The fourth-order valence-corrected chi connectivity index (χ4v) is 2.48. The molecule has 0 bridgehead atoms. The van der Waals surface area contributed by atoms with E-state index in [0.29, 0.717) is 6.42 Å². The topological polar surface area (TPSA) is 71.2 Å². The molecule has 1 aromatic heterocycles. The number of benzene rings is 2. The van der Waals surface area contributed by atoms with Gasteiger partial charge in [0, 0.05) is 6.20 Å². The Hall–Kier alpha value is -3.34. The molecule has 0 fully saturated rings. The molecule has 0 radical (unpaired) electrons. The van der Waals surface area contributed by atoms with Gasteiger partial charge in [0.25, 0.3) is 5.56 Å². The zero-order valence-electron chi connectivity index (χ0n) is 13.6. The smallest absolute Gasteiger partial charge is 0.412 e. The molecule has 0 aliphatic heterocycles. The Balaban J connectivity index is 1.71. The predicted molar refractivity (Wildman–Crippen MR) is 96.6 cm³/mol. The van der Waals surface area contributed by atoms with Crippen LogP contribution in [0.4, 0.5) is 10.5 Å². The Morgan fingerprint density at radius 3 is 2.24 bits per heavy atom. The quantitative estimate of drug-likeness (QED) is 0.747. The van der Waals surface area contributed by atoms with Gasteiger partial charge in [-0.2, -0.15) is 0 Å². The van der Waals surface area contributed by atoms with E-state index < -0.39 is 6.09 Å². The molecule has 1 amide bonds. The van der Waals surface area contributed by atoms with Gasteiger partial charge in [-0.05, 0) is 29.2 Å². The maximum Gasteiger partial charge on any atom is 0.412 e. The largest absolute Gasteiger partial charge is 0.444 e. The average molecular weight is 334 g/mol. The first kappa shape index (κ1) is 16.5. The molecule has 3 rings (SSSR count). The third-order valence-corrected chi connectivity index (χ3v) is 3.72. The number of hydrogen-bond acceptors (Lipinski definition) is 3. The number of amides is 1. The van der Waals surface area contributed by atoms with E-state index >= 15 is 0 Å². The van der Waals surface area contributed by atoms with E-state index in [1.54, 1.807) is 12.3 Å². The van der Waals surface area contributed by atoms with E-state index in [4.69, 9.17) is 4.74 Å². The Morgan fingerprint density at radius 1 is 0.920 bits per heavy atom. The second-order valence-electron chi connectivity index (χ2n) is 5.56. The van der Waals surface area contributed by atoms with E-state index in [1.165, 1.54) is 0 Å². The minimum atomic E-state index is -0.658. The van der Waals surface area contributed by atoms with Gasteiger partial charge in [-0.25, -0.2) is 4.79 Å². The Labute approximate surface area is 145 Å². The molecule has 0 spiro atoms. The molecule has 0 atom stereocenters. The molecule has 1 heterocycles. The van der Waals surface area contributed by atoms with Crippen LogP contribution in [0.2, 0.25) is 0 Å². The Kier molecular flexibility index (Phi) is 5.26. The molecule has 0 saturated carbocycles. The molecule has 2 N–H and O–H groups in total. The summed E-state index contributed by atoms with van der Waals surface area (Å²) < 4.78 is 5.19. The SMILES string of the molecule is O=C(Nc1c(Cc2ccccc2)cc[nH]c1=O)OCc1ccccc1. The van der Waals surface area contributed by atoms with Gasteiger partial charge in [-0.3, -0.25) is 10.1 Å². The van der Waals surface area contributed by atoms with Crippen molar-refractivity contribution < 1.29 is 9.53 Å². The van der Waals surface area contributed by atoms with Crippen molar-refractivity contribution in [3.8, 4) is 0 Å². The first-order valence-electron chi connectivity index (χ1n) is 7.94. The van der Waals surface area contributed by atoms with Crippen LogP contribution in [0.25, 0.3) is 0 Å². The molecule has 5 heteroatoms. The predicted octanol–water partition coefficient (Wildman–Crippen LogP) is 3.71. The number of anilines is 1. The van der Waals surface area contributed by atoms with Crippen molar-refractivity contribution >= 4 is 11.8 Å². The van der Waals surface area contributed by atoms with Crippen molar-refractivity contribution in [3.63, 3.8) is 0 Å². The summed E-state index contributed by atoms with van der Waals surface area (Å²) in [6, 6.07) is 20.9. The summed E-state index contributed by atoms with van der Waals surface area (Å²) in [4.78, 5) is 26.8. The lowest BCUT2D eigenvalue weighted by atomic mass is 10.0. The molecule has 2 aromatic carbocycles. The number of rotatable bonds is 5. The maximum absolute atomic E-state index is 12.1. The molecule has 0 aliphatic rings. The van der Waals surface area contributed by atoms with Crippen LogP contribution in [0.3, 0.4) is 0 Å². The number of aromatic amines is 1. The van der Waals surface area contributed by atoms with Crippen LogP contribution < -0.4 is 10.9 Å². The minimum Gasteiger partial charge on any atom is -0.444 e.